The highest BCUT2D eigenvalue weighted by atomic mass is 19.4. The highest BCUT2D eigenvalue weighted by molar-refractivity contribution is 6.21. The highest BCUT2D eigenvalue weighted by Gasteiger charge is 2.42. The van der Waals surface area contributed by atoms with Crippen molar-refractivity contribution < 1.29 is 32.2 Å². The average molecular weight is 540 g/mol. The van der Waals surface area contributed by atoms with Crippen molar-refractivity contribution in [3.8, 4) is 11.4 Å². The summed E-state index contributed by atoms with van der Waals surface area (Å²) in [5, 5.41) is 0.294. The van der Waals surface area contributed by atoms with E-state index in [0.29, 0.717) is 22.5 Å². The van der Waals surface area contributed by atoms with Gasteiger partial charge in [-0.25, -0.2) is 9.97 Å². The molecule has 3 aromatic rings. The SMILES string of the molecule is COc1ccc(-n2c(CCN3C(=O)C4=C(C3=O)C(OCC(F)(F)F)=CCC4)nc3nc(C)ccc3c2=O)cc1. The van der Waals surface area contributed by atoms with Crippen LogP contribution in [0.25, 0.3) is 16.7 Å². The van der Waals surface area contributed by atoms with E-state index in [1.807, 2.05) is 0 Å². The average Bonchev–Trinajstić information content (AvgIpc) is 3.15. The van der Waals surface area contributed by atoms with E-state index in [4.69, 9.17) is 9.47 Å². The van der Waals surface area contributed by atoms with E-state index in [1.165, 1.54) is 17.8 Å². The summed E-state index contributed by atoms with van der Waals surface area (Å²) in [6.45, 7) is 0.0370. The number of nitrogens with zero attached hydrogens (tertiary/aromatic N) is 4. The summed E-state index contributed by atoms with van der Waals surface area (Å²) in [6.07, 6.45) is -2.73. The second kappa shape index (κ2) is 10.0. The number of benzene rings is 1. The third-order valence-electron chi connectivity index (χ3n) is 6.46. The molecule has 39 heavy (non-hydrogen) atoms. The van der Waals surface area contributed by atoms with E-state index < -0.39 is 24.6 Å². The normalized spacial score (nSPS) is 15.6. The van der Waals surface area contributed by atoms with Crippen LogP contribution in [-0.4, -0.2) is 57.7 Å². The summed E-state index contributed by atoms with van der Waals surface area (Å²) >= 11 is 0. The number of carbonyl (C=O) groups is 2. The molecule has 0 bridgehead atoms. The van der Waals surface area contributed by atoms with Crippen molar-refractivity contribution in [2.75, 3.05) is 20.3 Å². The number of allylic oxidation sites excluding steroid dienone is 1. The number of hydrogen-bond acceptors (Lipinski definition) is 7. The zero-order chi connectivity index (χ0) is 27.9. The molecule has 2 amide bonds. The van der Waals surface area contributed by atoms with Gasteiger partial charge in [-0.1, -0.05) is 0 Å². The number of pyridine rings is 1. The molecular formula is C27H23F3N4O5. The maximum Gasteiger partial charge on any atom is 0.422 e. The summed E-state index contributed by atoms with van der Waals surface area (Å²) in [4.78, 5) is 49.7. The number of hydrogen-bond donors (Lipinski definition) is 0. The van der Waals surface area contributed by atoms with Crippen molar-refractivity contribution in [2.24, 2.45) is 0 Å². The molecule has 2 aromatic heterocycles. The number of carbonyl (C=O) groups excluding carboxylic acids is 2. The Morgan fingerprint density at radius 1 is 1.00 bits per heavy atom. The summed E-state index contributed by atoms with van der Waals surface area (Å²) in [5.74, 6) is -0.736. The van der Waals surface area contributed by atoms with Gasteiger partial charge >= 0.3 is 6.18 Å². The molecule has 0 saturated heterocycles. The maximum atomic E-state index is 13.5. The summed E-state index contributed by atoms with van der Waals surface area (Å²) in [6, 6.07) is 10.1. The second-order valence-electron chi connectivity index (χ2n) is 9.07. The van der Waals surface area contributed by atoms with Crippen LogP contribution in [0, 0.1) is 6.92 Å². The van der Waals surface area contributed by atoms with Gasteiger partial charge in [-0.3, -0.25) is 23.9 Å². The van der Waals surface area contributed by atoms with Gasteiger partial charge in [0, 0.05) is 24.2 Å². The summed E-state index contributed by atoms with van der Waals surface area (Å²) in [7, 11) is 1.52. The smallest absolute Gasteiger partial charge is 0.422 e. The molecule has 2 aliphatic rings. The van der Waals surface area contributed by atoms with Crippen LogP contribution in [0.1, 0.15) is 24.4 Å². The van der Waals surface area contributed by atoms with Crippen molar-refractivity contribution in [3.05, 3.63) is 81.3 Å². The predicted octanol–water partition coefficient (Wildman–Crippen LogP) is 3.56. The first-order chi connectivity index (χ1) is 18.6. The monoisotopic (exact) mass is 540 g/mol. The molecule has 202 valence electrons. The minimum Gasteiger partial charge on any atom is -0.497 e. The number of aromatic nitrogens is 3. The van der Waals surface area contributed by atoms with Crippen LogP contribution in [0.4, 0.5) is 13.2 Å². The van der Waals surface area contributed by atoms with Crippen LogP contribution in [0.5, 0.6) is 5.75 Å². The Morgan fingerprint density at radius 3 is 2.44 bits per heavy atom. The van der Waals surface area contributed by atoms with Crippen molar-refractivity contribution in [2.45, 2.75) is 32.4 Å². The van der Waals surface area contributed by atoms with E-state index >= 15 is 0 Å². The first kappa shape index (κ1) is 26.1. The molecule has 3 heterocycles. The van der Waals surface area contributed by atoms with Crippen LogP contribution in [0.2, 0.25) is 0 Å². The van der Waals surface area contributed by atoms with E-state index in [2.05, 4.69) is 9.97 Å². The lowest BCUT2D eigenvalue weighted by atomic mass is 9.98. The number of halogens is 3. The molecule has 1 aliphatic heterocycles. The molecule has 1 aromatic carbocycles. The minimum absolute atomic E-state index is 0.00662. The fourth-order valence-electron chi connectivity index (χ4n) is 4.64. The molecular weight excluding hydrogens is 517 g/mol. The molecule has 0 unspecified atom stereocenters. The minimum atomic E-state index is -4.59. The number of aryl methyl sites for hydroxylation is 1. The summed E-state index contributed by atoms with van der Waals surface area (Å²) in [5.41, 5.74) is 0.968. The Labute approximate surface area is 220 Å². The lowest BCUT2D eigenvalue weighted by Gasteiger charge is -2.18. The fourth-order valence-corrected chi connectivity index (χ4v) is 4.64. The van der Waals surface area contributed by atoms with Gasteiger partial charge in [-0.05, 0) is 62.2 Å². The Bertz CT molecular complexity index is 1610. The number of imide groups is 1. The Hall–Kier alpha value is -4.48. The lowest BCUT2D eigenvalue weighted by molar-refractivity contribution is -0.164. The van der Waals surface area contributed by atoms with Crippen LogP contribution in [0.3, 0.4) is 0 Å². The summed E-state index contributed by atoms with van der Waals surface area (Å²) < 4.78 is 49.6. The van der Waals surface area contributed by atoms with E-state index in [0.717, 1.165) is 4.90 Å². The highest BCUT2D eigenvalue weighted by Crippen LogP contribution is 2.35. The largest absolute Gasteiger partial charge is 0.497 e. The molecule has 0 atom stereocenters. The van der Waals surface area contributed by atoms with Gasteiger partial charge in [0.05, 0.1) is 23.8 Å². The number of ether oxygens (including phenoxy) is 2. The zero-order valence-electron chi connectivity index (χ0n) is 21.0. The quantitative estimate of drug-likeness (QED) is 0.422. The van der Waals surface area contributed by atoms with Gasteiger partial charge in [0.25, 0.3) is 17.4 Å². The molecule has 9 nitrogen and oxygen atoms in total. The number of fused-ring (bicyclic) bond motifs is 1. The van der Waals surface area contributed by atoms with Crippen LogP contribution < -0.4 is 10.3 Å². The van der Waals surface area contributed by atoms with E-state index in [9.17, 15) is 27.6 Å². The van der Waals surface area contributed by atoms with Gasteiger partial charge in [0.2, 0.25) is 0 Å². The first-order valence-electron chi connectivity index (χ1n) is 12.1. The first-order valence-corrected chi connectivity index (χ1v) is 12.1. The molecule has 12 heteroatoms. The molecule has 5 rings (SSSR count). The third kappa shape index (κ3) is 5.01. The molecule has 0 spiro atoms. The van der Waals surface area contributed by atoms with E-state index in [-0.39, 0.29) is 59.7 Å². The Morgan fingerprint density at radius 2 is 1.74 bits per heavy atom. The standard InChI is InChI=1S/C27H23F3N4O5/c1-15-6-11-19-23(31-15)32-21(34(25(19)36)16-7-9-17(38-2)10-8-16)12-13-33-24(35)18-4-3-5-20(22(18)26(33)37)39-14-27(28,29)30/h5-11H,3-4,12-14H2,1-2H3. The maximum absolute atomic E-state index is 13.5. The second-order valence-corrected chi connectivity index (χ2v) is 9.07. The number of methoxy groups -OCH3 is 1. The van der Waals surface area contributed by atoms with Crippen molar-refractivity contribution in [1.82, 2.24) is 19.4 Å². The fraction of sp³-hybridized carbons (Fsp3) is 0.296. The Kier molecular flexibility index (Phi) is 6.71. The van der Waals surface area contributed by atoms with Gasteiger partial charge in [0.1, 0.15) is 17.3 Å². The number of amides is 2. The van der Waals surface area contributed by atoms with Crippen LogP contribution in [0.15, 0.2) is 64.2 Å². The lowest BCUT2D eigenvalue weighted by Crippen LogP contribution is -2.35. The van der Waals surface area contributed by atoms with Crippen LogP contribution >= 0.6 is 0 Å². The molecule has 0 N–H and O–H groups in total. The Balaban J connectivity index is 1.47. The topological polar surface area (TPSA) is 104 Å². The molecule has 0 radical (unpaired) electrons. The van der Waals surface area contributed by atoms with Gasteiger partial charge in [-0.2, -0.15) is 13.2 Å². The van der Waals surface area contributed by atoms with Gasteiger partial charge < -0.3 is 9.47 Å². The third-order valence-corrected chi connectivity index (χ3v) is 6.46. The molecule has 0 fully saturated rings. The van der Waals surface area contributed by atoms with Crippen molar-refractivity contribution >= 4 is 22.8 Å². The zero-order valence-corrected chi connectivity index (χ0v) is 21.0. The van der Waals surface area contributed by atoms with Crippen LogP contribution in [-0.2, 0) is 20.7 Å². The van der Waals surface area contributed by atoms with Gasteiger partial charge in [-0.15, -0.1) is 0 Å². The van der Waals surface area contributed by atoms with Crippen molar-refractivity contribution in [3.63, 3.8) is 0 Å². The van der Waals surface area contributed by atoms with Gasteiger partial charge in [0.15, 0.2) is 12.3 Å². The molecule has 0 saturated carbocycles. The van der Waals surface area contributed by atoms with Crippen molar-refractivity contribution in [1.29, 1.82) is 0 Å². The number of rotatable bonds is 7. The van der Waals surface area contributed by atoms with E-state index in [1.54, 1.807) is 43.3 Å². The predicted molar refractivity (Wildman–Crippen MR) is 133 cm³/mol. The number of alkyl halides is 3. The molecule has 1 aliphatic carbocycles.